The molecule has 0 saturated carbocycles. The zero-order chi connectivity index (χ0) is 5.40. The molecule has 0 radical (unpaired) electrons. The molecule has 0 saturated heterocycles. The standard InChI is InChI=1S/C3H4N4S/c1-4-2-3(5-1)8-7-6-2/h1,6-7H,(H,4,5). The van der Waals surface area contributed by atoms with Gasteiger partial charge in [-0.15, -0.1) is 0 Å². The fourth-order valence-corrected chi connectivity index (χ4v) is 1.14. The van der Waals surface area contributed by atoms with E-state index >= 15 is 0 Å². The SMILES string of the molecule is c1nc2c([nH]1)NNS2. The summed E-state index contributed by atoms with van der Waals surface area (Å²) >= 11 is 1.47. The normalized spacial score (nSPS) is 15.5. The second-order valence-electron chi connectivity index (χ2n) is 1.41. The van der Waals surface area contributed by atoms with Gasteiger partial charge in [0, 0.05) is 0 Å². The van der Waals surface area contributed by atoms with Crippen LogP contribution in [0.1, 0.15) is 0 Å². The van der Waals surface area contributed by atoms with Crippen molar-refractivity contribution in [2.45, 2.75) is 5.03 Å². The molecule has 1 aliphatic rings. The molecule has 42 valence electrons. The third-order valence-electron chi connectivity index (χ3n) is 0.928. The van der Waals surface area contributed by atoms with Gasteiger partial charge in [0.15, 0.2) is 10.8 Å². The van der Waals surface area contributed by atoms with Crippen LogP contribution >= 0.6 is 11.9 Å². The van der Waals surface area contributed by atoms with Crippen LogP contribution in [-0.4, -0.2) is 9.97 Å². The van der Waals surface area contributed by atoms with Crippen molar-refractivity contribution in [1.82, 2.24) is 14.8 Å². The highest BCUT2D eigenvalue weighted by atomic mass is 32.2. The molecule has 3 N–H and O–H groups in total. The number of hydrogen-bond donors (Lipinski definition) is 3. The molecule has 1 aliphatic heterocycles. The summed E-state index contributed by atoms with van der Waals surface area (Å²) in [6, 6.07) is 0. The van der Waals surface area contributed by atoms with E-state index in [1.165, 1.54) is 11.9 Å². The highest BCUT2D eigenvalue weighted by Crippen LogP contribution is 2.24. The lowest BCUT2D eigenvalue weighted by Gasteiger charge is -1.86. The first kappa shape index (κ1) is 4.22. The number of nitrogens with zero attached hydrogens (tertiary/aromatic N) is 1. The predicted molar refractivity (Wildman–Crippen MR) is 31.2 cm³/mol. The van der Waals surface area contributed by atoms with Gasteiger partial charge in [-0.05, 0) is 11.9 Å². The van der Waals surface area contributed by atoms with Crippen molar-refractivity contribution in [1.29, 1.82) is 0 Å². The molecule has 0 aliphatic carbocycles. The molecule has 2 heterocycles. The van der Waals surface area contributed by atoms with E-state index < -0.39 is 0 Å². The first-order valence-electron chi connectivity index (χ1n) is 2.18. The van der Waals surface area contributed by atoms with Gasteiger partial charge in [0.25, 0.3) is 0 Å². The summed E-state index contributed by atoms with van der Waals surface area (Å²) < 4.78 is 0. The number of nitrogens with one attached hydrogen (secondary N) is 3. The minimum atomic E-state index is 0.954. The zero-order valence-corrected chi connectivity index (χ0v) is 4.75. The van der Waals surface area contributed by atoms with Crippen LogP contribution in [0.25, 0.3) is 0 Å². The Hall–Kier alpha value is -0.680. The Labute approximate surface area is 50.2 Å². The van der Waals surface area contributed by atoms with E-state index in [1.807, 2.05) is 0 Å². The fraction of sp³-hybridized carbons (Fsp3) is 0. The molecule has 8 heavy (non-hydrogen) atoms. The third-order valence-corrected chi connectivity index (χ3v) is 1.64. The van der Waals surface area contributed by atoms with Crippen LogP contribution in [0.4, 0.5) is 5.82 Å². The molecule has 1 aromatic heterocycles. The highest BCUT2D eigenvalue weighted by Gasteiger charge is 2.10. The lowest BCUT2D eigenvalue weighted by Crippen LogP contribution is -2.05. The van der Waals surface area contributed by atoms with E-state index in [0.29, 0.717) is 0 Å². The lowest BCUT2D eigenvalue weighted by atomic mass is 10.8. The molecule has 0 bridgehead atoms. The minimum absolute atomic E-state index is 0.954. The van der Waals surface area contributed by atoms with Crippen molar-refractivity contribution in [2.24, 2.45) is 0 Å². The van der Waals surface area contributed by atoms with E-state index in [0.717, 1.165) is 10.8 Å². The number of rotatable bonds is 0. The van der Waals surface area contributed by atoms with Gasteiger partial charge in [-0.1, -0.05) is 0 Å². The quantitative estimate of drug-likeness (QED) is 0.441. The van der Waals surface area contributed by atoms with Gasteiger partial charge in [0.1, 0.15) is 0 Å². The summed E-state index contributed by atoms with van der Waals surface area (Å²) in [5.74, 6) is 0.954. The average Bonchev–Trinajstić information content (AvgIpc) is 2.15. The summed E-state index contributed by atoms with van der Waals surface area (Å²) in [5, 5.41) is 0.977. The smallest absolute Gasteiger partial charge is 0.156 e. The summed E-state index contributed by atoms with van der Waals surface area (Å²) in [6.45, 7) is 0. The summed E-state index contributed by atoms with van der Waals surface area (Å²) in [7, 11) is 0. The van der Waals surface area contributed by atoms with Gasteiger partial charge in [-0.25, -0.2) is 4.98 Å². The Morgan fingerprint density at radius 3 is 3.50 bits per heavy atom. The number of H-pyrrole nitrogens is 1. The maximum absolute atomic E-state index is 3.98. The van der Waals surface area contributed by atoms with Crippen molar-refractivity contribution in [3.05, 3.63) is 6.33 Å². The Morgan fingerprint density at radius 2 is 2.62 bits per heavy atom. The van der Waals surface area contributed by atoms with Gasteiger partial charge in [-0.3, -0.25) is 5.43 Å². The largest absolute Gasteiger partial charge is 0.330 e. The molecule has 0 amide bonds. The number of aromatic nitrogens is 2. The van der Waals surface area contributed by atoms with E-state index in [9.17, 15) is 0 Å². The zero-order valence-electron chi connectivity index (χ0n) is 3.93. The Balaban J connectivity index is 2.54. The molecule has 4 nitrogen and oxygen atoms in total. The second-order valence-corrected chi connectivity index (χ2v) is 2.21. The molecular weight excluding hydrogens is 124 g/mol. The van der Waals surface area contributed by atoms with Crippen LogP contribution in [0.3, 0.4) is 0 Å². The average molecular weight is 128 g/mol. The lowest BCUT2D eigenvalue weighted by molar-refractivity contribution is 1.19. The third kappa shape index (κ3) is 0.423. The van der Waals surface area contributed by atoms with Gasteiger partial charge < -0.3 is 4.98 Å². The first-order valence-corrected chi connectivity index (χ1v) is 3.00. The molecular formula is C3H4N4S. The Bertz CT molecular complexity index is 176. The van der Waals surface area contributed by atoms with Crippen molar-refractivity contribution in [3.63, 3.8) is 0 Å². The van der Waals surface area contributed by atoms with Crippen LogP contribution in [0.15, 0.2) is 11.4 Å². The van der Waals surface area contributed by atoms with Gasteiger partial charge in [0.05, 0.1) is 6.33 Å². The van der Waals surface area contributed by atoms with E-state index in [1.54, 1.807) is 6.33 Å². The summed E-state index contributed by atoms with van der Waals surface area (Å²) in [6.07, 6.45) is 1.66. The molecule has 0 unspecified atom stereocenters. The Morgan fingerprint density at radius 1 is 1.62 bits per heavy atom. The summed E-state index contributed by atoms with van der Waals surface area (Å²) in [5.41, 5.74) is 2.88. The Kier molecular flexibility index (Phi) is 0.737. The number of imidazole rings is 1. The van der Waals surface area contributed by atoms with Crippen LogP contribution in [-0.2, 0) is 0 Å². The highest BCUT2D eigenvalue weighted by molar-refractivity contribution is 7.97. The van der Waals surface area contributed by atoms with E-state index in [2.05, 4.69) is 20.2 Å². The van der Waals surface area contributed by atoms with Crippen molar-refractivity contribution >= 4 is 17.8 Å². The van der Waals surface area contributed by atoms with Gasteiger partial charge in [0.2, 0.25) is 0 Å². The predicted octanol–water partition coefficient (Wildman–Crippen LogP) is 0.347. The fourth-order valence-electron chi connectivity index (χ4n) is 0.574. The maximum Gasteiger partial charge on any atom is 0.156 e. The topological polar surface area (TPSA) is 52.7 Å². The number of hydrazine groups is 1. The summed E-state index contributed by atoms with van der Waals surface area (Å²) in [4.78, 5) is 9.73. The molecule has 2 rings (SSSR count). The molecule has 0 aromatic carbocycles. The van der Waals surface area contributed by atoms with Crippen molar-refractivity contribution in [3.8, 4) is 0 Å². The van der Waals surface area contributed by atoms with Crippen LogP contribution in [0.2, 0.25) is 0 Å². The monoisotopic (exact) mass is 128 g/mol. The van der Waals surface area contributed by atoms with Crippen molar-refractivity contribution < 1.29 is 0 Å². The van der Waals surface area contributed by atoms with Crippen LogP contribution in [0.5, 0.6) is 0 Å². The molecule has 0 spiro atoms. The van der Waals surface area contributed by atoms with E-state index in [-0.39, 0.29) is 0 Å². The maximum atomic E-state index is 3.98. The number of fused-ring (bicyclic) bond motifs is 1. The molecule has 0 atom stereocenters. The van der Waals surface area contributed by atoms with E-state index in [4.69, 9.17) is 0 Å². The van der Waals surface area contributed by atoms with Crippen molar-refractivity contribution in [2.75, 3.05) is 5.43 Å². The second kappa shape index (κ2) is 1.40. The van der Waals surface area contributed by atoms with Gasteiger partial charge in [-0.2, -0.15) is 4.83 Å². The number of hydrogen-bond acceptors (Lipinski definition) is 4. The van der Waals surface area contributed by atoms with Crippen LogP contribution in [0, 0.1) is 0 Å². The number of anilines is 1. The first-order chi connectivity index (χ1) is 3.97. The minimum Gasteiger partial charge on any atom is -0.330 e. The molecule has 5 heteroatoms. The molecule has 0 fully saturated rings. The number of aromatic amines is 1. The van der Waals surface area contributed by atoms with Gasteiger partial charge >= 0.3 is 0 Å². The van der Waals surface area contributed by atoms with Crippen LogP contribution < -0.4 is 10.3 Å². The molecule has 1 aromatic rings.